The molecule has 0 saturated heterocycles. The normalized spacial score (nSPS) is 12.2. The molecule has 5 heteroatoms. The van der Waals surface area contributed by atoms with Crippen LogP contribution in [0.3, 0.4) is 0 Å². The smallest absolute Gasteiger partial charge is 0.339 e. The standard InChI is InChI=1S/C12H15Cl2NO2/c1-3-4-8(2)7-17-12(16)9-5-11(14)15-6-10(9)13/h5-6,8H,3-4,7H2,1-2H3. The maximum absolute atomic E-state index is 11.7. The van der Waals surface area contributed by atoms with Crippen molar-refractivity contribution in [2.24, 2.45) is 5.92 Å². The predicted octanol–water partition coefficient (Wildman–Crippen LogP) is 3.98. The van der Waals surface area contributed by atoms with Gasteiger partial charge in [-0.25, -0.2) is 9.78 Å². The second kappa shape index (κ2) is 6.82. The number of esters is 1. The van der Waals surface area contributed by atoms with Crippen molar-refractivity contribution in [2.45, 2.75) is 26.7 Å². The first-order valence-corrected chi connectivity index (χ1v) is 6.28. The van der Waals surface area contributed by atoms with Gasteiger partial charge in [0.05, 0.1) is 17.2 Å². The monoisotopic (exact) mass is 275 g/mol. The zero-order valence-electron chi connectivity index (χ0n) is 9.87. The molecule has 0 saturated carbocycles. The highest BCUT2D eigenvalue weighted by atomic mass is 35.5. The van der Waals surface area contributed by atoms with Gasteiger partial charge in [0.15, 0.2) is 0 Å². The van der Waals surface area contributed by atoms with Crippen LogP contribution in [0.2, 0.25) is 10.2 Å². The summed E-state index contributed by atoms with van der Waals surface area (Å²) in [5.74, 6) is -0.109. The third-order valence-corrected chi connectivity index (χ3v) is 2.83. The minimum absolute atomic E-state index is 0.225. The number of hydrogen-bond acceptors (Lipinski definition) is 3. The zero-order chi connectivity index (χ0) is 12.8. The molecule has 1 aromatic rings. The van der Waals surface area contributed by atoms with E-state index in [-0.39, 0.29) is 15.7 Å². The van der Waals surface area contributed by atoms with E-state index in [0.29, 0.717) is 12.5 Å². The summed E-state index contributed by atoms with van der Waals surface area (Å²) >= 11 is 11.5. The Kier molecular flexibility index (Phi) is 5.72. The van der Waals surface area contributed by atoms with Crippen LogP contribution < -0.4 is 0 Å². The summed E-state index contributed by atoms with van der Waals surface area (Å²) in [6, 6.07) is 1.41. The fourth-order valence-electron chi connectivity index (χ4n) is 1.44. The Labute approximate surface area is 111 Å². The first-order valence-electron chi connectivity index (χ1n) is 5.52. The first kappa shape index (κ1) is 14.3. The van der Waals surface area contributed by atoms with Crippen molar-refractivity contribution in [1.82, 2.24) is 4.98 Å². The average molecular weight is 276 g/mol. The third kappa shape index (κ3) is 4.52. The highest BCUT2D eigenvalue weighted by Gasteiger charge is 2.14. The minimum atomic E-state index is -0.456. The van der Waals surface area contributed by atoms with Gasteiger partial charge in [0, 0.05) is 6.20 Å². The number of halogens is 2. The molecule has 1 heterocycles. The summed E-state index contributed by atoms with van der Waals surface area (Å²) in [6.07, 6.45) is 3.44. The molecule has 0 N–H and O–H groups in total. The molecule has 94 valence electrons. The molecule has 0 bridgehead atoms. The van der Waals surface area contributed by atoms with Crippen LogP contribution in [0.4, 0.5) is 0 Å². The topological polar surface area (TPSA) is 39.2 Å². The van der Waals surface area contributed by atoms with Gasteiger partial charge in [-0.05, 0) is 18.4 Å². The Morgan fingerprint density at radius 2 is 2.24 bits per heavy atom. The molecule has 1 rings (SSSR count). The molecule has 0 amide bonds. The summed E-state index contributed by atoms with van der Waals surface area (Å²) in [4.78, 5) is 15.5. The lowest BCUT2D eigenvalue weighted by Gasteiger charge is -2.11. The van der Waals surface area contributed by atoms with Crippen molar-refractivity contribution in [3.8, 4) is 0 Å². The second-order valence-electron chi connectivity index (χ2n) is 3.98. The molecule has 0 fully saturated rings. The Morgan fingerprint density at radius 1 is 1.53 bits per heavy atom. The van der Waals surface area contributed by atoms with E-state index in [9.17, 15) is 4.79 Å². The highest BCUT2D eigenvalue weighted by Crippen LogP contribution is 2.19. The molecule has 0 spiro atoms. The number of hydrogen-bond donors (Lipinski definition) is 0. The van der Waals surface area contributed by atoms with Crippen molar-refractivity contribution < 1.29 is 9.53 Å². The SMILES string of the molecule is CCCC(C)COC(=O)c1cc(Cl)ncc1Cl. The van der Waals surface area contributed by atoms with Crippen LogP contribution in [-0.4, -0.2) is 17.6 Å². The fraction of sp³-hybridized carbons (Fsp3) is 0.500. The number of pyridine rings is 1. The Morgan fingerprint density at radius 3 is 2.88 bits per heavy atom. The molecule has 0 aliphatic heterocycles. The van der Waals surface area contributed by atoms with Gasteiger partial charge in [-0.3, -0.25) is 0 Å². The van der Waals surface area contributed by atoms with Crippen LogP contribution in [0.15, 0.2) is 12.3 Å². The van der Waals surface area contributed by atoms with Crippen molar-refractivity contribution in [1.29, 1.82) is 0 Å². The van der Waals surface area contributed by atoms with E-state index in [1.165, 1.54) is 12.3 Å². The van der Waals surface area contributed by atoms with E-state index in [1.807, 2.05) is 6.92 Å². The van der Waals surface area contributed by atoms with E-state index in [0.717, 1.165) is 12.8 Å². The van der Waals surface area contributed by atoms with Gasteiger partial charge in [-0.15, -0.1) is 0 Å². The van der Waals surface area contributed by atoms with Crippen LogP contribution in [0.1, 0.15) is 37.0 Å². The molecule has 1 aromatic heterocycles. The lowest BCUT2D eigenvalue weighted by Crippen LogP contribution is -2.12. The van der Waals surface area contributed by atoms with Gasteiger partial charge >= 0.3 is 5.97 Å². The largest absolute Gasteiger partial charge is 0.462 e. The summed E-state index contributed by atoms with van der Waals surface area (Å²) in [7, 11) is 0. The van der Waals surface area contributed by atoms with Gasteiger partial charge in [-0.1, -0.05) is 43.5 Å². The number of ether oxygens (including phenoxy) is 1. The van der Waals surface area contributed by atoms with Crippen LogP contribution in [0.25, 0.3) is 0 Å². The van der Waals surface area contributed by atoms with Gasteiger partial charge in [0.2, 0.25) is 0 Å². The summed E-state index contributed by atoms with van der Waals surface area (Å²) in [5.41, 5.74) is 0.260. The van der Waals surface area contributed by atoms with Gasteiger partial charge < -0.3 is 4.74 Å². The number of aromatic nitrogens is 1. The van der Waals surface area contributed by atoms with Crippen molar-refractivity contribution >= 4 is 29.2 Å². The van der Waals surface area contributed by atoms with Crippen LogP contribution in [0.5, 0.6) is 0 Å². The van der Waals surface area contributed by atoms with E-state index >= 15 is 0 Å². The molecule has 0 aliphatic rings. The van der Waals surface area contributed by atoms with Crippen LogP contribution in [-0.2, 0) is 4.74 Å². The Hall–Kier alpha value is -0.800. The average Bonchev–Trinajstić information content (AvgIpc) is 2.29. The number of rotatable bonds is 5. The van der Waals surface area contributed by atoms with Gasteiger partial charge in [0.1, 0.15) is 5.15 Å². The fourth-order valence-corrected chi connectivity index (χ4v) is 1.78. The first-order chi connectivity index (χ1) is 8.04. The van der Waals surface area contributed by atoms with Gasteiger partial charge in [0.25, 0.3) is 0 Å². The maximum Gasteiger partial charge on any atom is 0.339 e. The predicted molar refractivity (Wildman–Crippen MR) is 68.6 cm³/mol. The van der Waals surface area contributed by atoms with Crippen molar-refractivity contribution in [3.05, 3.63) is 28.0 Å². The van der Waals surface area contributed by atoms with Gasteiger partial charge in [-0.2, -0.15) is 0 Å². The Bertz CT molecular complexity index is 396. The van der Waals surface area contributed by atoms with Crippen LogP contribution in [0, 0.1) is 5.92 Å². The molecular formula is C12H15Cl2NO2. The zero-order valence-corrected chi connectivity index (χ0v) is 11.4. The molecule has 0 radical (unpaired) electrons. The Balaban J connectivity index is 2.61. The van der Waals surface area contributed by atoms with Crippen molar-refractivity contribution in [2.75, 3.05) is 6.61 Å². The lowest BCUT2D eigenvalue weighted by molar-refractivity contribution is 0.0443. The molecule has 3 nitrogen and oxygen atoms in total. The van der Waals surface area contributed by atoms with E-state index < -0.39 is 5.97 Å². The second-order valence-corrected chi connectivity index (χ2v) is 4.77. The molecule has 0 aromatic carbocycles. The number of carbonyl (C=O) groups is 1. The van der Waals surface area contributed by atoms with Crippen LogP contribution >= 0.6 is 23.2 Å². The highest BCUT2D eigenvalue weighted by molar-refractivity contribution is 6.34. The summed E-state index contributed by atoms with van der Waals surface area (Å²) in [5, 5.41) is 0.477. The lowest BCUT2D eigenvalue weighted by atomic mass is 10.1. The third-order valence-electron chi connectivity index (χ3n) is 2.32. The molecule has 17 heavy (non-hydrogen) atoms. The number of carbonyl (C=O) groups excluding carboxylic acids is 1. The molecule has 1 unspecified atom stereocenters. The molecular weight excluding hydrogens is 261 g/mol. The summed E-state index contributed by atoms with van der Waals surface area (Å²) in [6.45, 7) is 4.53. The minimum Gasteiger partial charge on any atom is -0.462 e. The van der Waals surface area contributed by atoms with Crippen molar-refractivity contribution in [3.63, 3.8) is 0 Å². The molecule has 1 atom stereocenters. The van der Waals surface area contributed by atoms with E-state index in [4.69, 9.17) is 27.9 Å². The number of nitrogens with zero attached hydrogens (tertiary/aromatic N) is 1. The summed E-state index contributed by atoms with van der Waals surface area (Å²) < 4.78 is 5.17. The van der Waals surface area contributed by atoms with E-state index in [2.05, 4.69) is 11.9 Å². The molecule has 0 aliphatic carbocycles. The van der Waals surface area contributed by atoms with E-state index in [1.54, 1.807) is 0 Å². The quantitative estimate of drug-likeness (QED) is 0.603. The maximum atomic E-state index is 11.7.